The van der Waals surface area contributed by atoms with Crippen LogP contribution in [0.25, 0.3) is 0 Å². The second kappa shape index (κ2) is 6.48. The van der Waals surface area contributed by atoms with Gasteiger partial charge in [-0.05, 0) is 24.1 Å². The molecule has 106 valence electrons. The van der Waals surface area contributed by atoms with Crippen molar-refractivity contribution in [1.29, 1.82) is 0 Å². The van der Waals surface area contributed by atoms with Crippen LogP contribution in [0.4, 0.5) is 0 Å². The number of thioether (sulfide) groups is 1. The lowest BCUT2D eigenvalue weighted by Gasteiger charge is -2.29. The zero-order chi connectivity index (χ0) is 13.9. The molecule has 3 nitrogen and oxygen atoms in total. The van der Waals surface area contributed by atoms with Gasteiger partial charge >= 0.3 is 0 Å². The van der Waals surface area contributed by atoms with E-state index in [0.29, 0.717) is 29.1 Å². The molecule has 0 bridgehead atoms. The summed E-state index contributed by atoms with van der Waals surface area (Å²) in [6.45, 7) is 3.26. The molecule has 0 spiro atoms. The average molecular weight is 320 g/mol. The minimum atomic E-state index is -3.34. The highest BCUT2D eigenvalue weighted by molar-refractivity contribution is 8.00. The van der Waals surface area contributed by atoms with E-state index in [-0.39, 0.29) is 0 Å². The van der Waals surface area contributed by atoms with Crippen LogP contribution in [-0.2, 0) is 16.4 Å². The molecule has 1 unspecified atom stereocenters. The third-order valence-electron chi connectivity index (χ3n) is 3.15. The van der Waals surface area contributed by atoms with Gasteiger partial charge in [-0.2, -0.15) is 16.1 Å². The Morgan fingerprint density at radius 2 is 2.05 bits per heavy atom. The third kappa shape index (κ3) is 3.66. The van der Waals surface area contributed by atoms with Crippen LogP contribution < -0.4 is 0 Å². The van der Waals surface area contributed by atoms with Gasteiger partial charge in [0.1, 0.15) is 0 Å². The Hall–Kier alpha value is -0.230. The fraction of sp³-hybridized carbons (Fsp3) is 0.538. The summed E-state index contributed by atoms with van der Waals surface area (Å²) in [6, 6.07) is 7.06. The summed E-state index contributed by atoms with van der Waals surface area (Å²) >= 11 is 7.50. The Morgan fingerprint density at radius 1 is 1.37 bits per heavy atom. The molecule has 1 atom stereocenters. The van der Waals surface area contributed by atoms with Crippen molar-refractivity contribution in [3.63, 3.8) is 0 Å². The van der Waals surface area contributed by atoms with Crippen molar-refractivity contribution in [2.24, 2.45) is 0 Å². The number of hydrogen-bond acceptors (Lipinski definition) is 3. The maximum atomic E-state index is 12.5. The monoisotopic (exact) mass is 319 g/mol. The highest BCUT2D eigenvalue weighted by Gasteiger charge is 2.28. The largest absolute Gasteiger partial charge is 0.243 e. The van der Waals surface area contributed by atoms with Crippen LogP contribution >= 0.6 is 23.4 Å². The Morgan fingerprint density at radius 3 is 2.63 bits per heavy atom. The second-order valence-electron chi connectivity index (χ2n) is 4.63. The standard InChI is InChI=1S/C13H18ClNO2S2/c1-11-10-15(8-9-18-11)19(16,17)13-4-2-12(3-5-13)6-7-14/h2-5,11H,6-10H2,1H3. The fourth-order valence-electron chi connectivity index (χ4n) is 2.09. The van der Waals surface area contributed by atoms with Gasteiger partial charge in [-0.3, -0.25) is 0 Å². The van der Waals surface area contributed by atoms with Crippen molar-refractivity contribution in [2.75, 3.05) is 24.7 Å². The van der Waals surface area contributed by atoms with Crippen LogP contribution in [0.15, 0.2) is 29.2 Å². The quantitative estimate of drug-likeness (QED) is 0.801. The van der Waals surface area contributed by atoms with E-state index in [1.807, 2.05) is 23.9 Å². The molecule has 1 aliphatic heterocycles. The summed E-state index contributed by atoms with van der Waals surface area (Å²) in [5.74, 6) is 1.41. The number of nitrogens with zero attached hydrogens (tertiary/aromatic N) is 1. The highest BCUT2D eigenvalue weighted by atomic mass is 35.5. The molecule has 0 N–H and O–H groups in total. The molecule has 1 saturated heterocycles. The molecule has 1 heterocycles. The summed E-state index contributed by atoms with van der Waals surface area (Å²) in [4.78, 5) is 0.380. The molecular weight excluding hydrogens is 302 g/mol. The first-order valence-electron chi connectivity index (χ1n) is 6.30. The van der Waals surface area contributed by atoms with E-state index < -0.39 is 10.0 Å². The summed E-state index contributed by atoms with van der Waals surface area (Å²) < 4.78 is 26.6. The first kappa shape index (κ1) is 15.2. The Labute approximate surface area is 124 Å². The molecule has 6 heteroatoms. The van der Waals surface area contributed by atoms with E-state index in [9.17, 15) is 8.42 Å². The number of sulfonamides is 1. The van der Waals surface area contributed by atoms with Crippen LogP contribution in [0.2, 0.25) is 0 Å². The van der Waals surface area contributed by atoms with Gasteiger partial charge in [0.25, 0.3) is 0 Å². The van der Waals surface area contributed by atoms with Crippen LogP contribution in [0.3, 0.4) is 0 Å². The van der Waals surface area contributed by atoms with E-state index in [0.717, 1.165) is 17.7 Å². The number of alkyl halides is 1. The van der Waals surface area contributed by atoms with Crippen molar-refractivity contribution in [2.45, 2.75) is 23.5 Å². The Bertz CT molecular complexity index is 516. The summed E-state index contributed by atoms with van der Waals surface area (Å²) in [5.41, 5.74) is 1.07. The van der Waals surface area contributed by atoms with Crippen LogP contribution in [-0.4, -0.2) is 42.7 Å². The van der Waals surface area contributed by atoms with Gasteiger partial charge in [0, 0.05) is 30.0 Å². The lowest BCUT2D eigenvalue weighted by molar-refractivity contribution is 0.424. The van der Waals surface area contributed by atoms with Crippen LogP contribution in [0, 0.1) is 0 Å². The minimum absolute atomic E-state index is 0.360. The second-order valence-corrected chi connectivity index (χ2v) is 8.49. The third-order valence-corrected chi connectivity index (χ3v) is 6.35. The van der Waals surface area contributed by atoms with Crippen LogP contribution in [0.1, 0.15) is 12.5 Å². The molecule has 1 aromatic rings. The predicted molar refractivity (Wildman–Crippen MR) is 81.5 cm³/mol. The number of benzene rings is 1. The highest BCUT2D eigenvalue weighted by Crippen LogP contribution is 2.24. The fourth-order valence-corrected chi connectivity index (χ4v) is 5.06. The number of halogens is 1. The van der Waals surface area contributed by atoms with E-state index in [1.165, 1.54) is 0 Å². The summed E-state index contributed by atoms with van der Waals surface area (Å²) in [6.07, 6.45) is 0.763. The topological polar surface area (TPSA) is 37.4 Å². The summed E-state index contributed by atoms with van der Waals surface area (Å²) in [5, 5.41) is 0.360. The molecule has 0 aromatic heterocycles. The van der Waals surface area contributed by atoms with Gasteiger partial charge in [-0.1, -0.05) is 19.1 Å². The maximum absolute atomic E-state index is 12.5. The lowest BCUT2D eigenvalue weighted by atomic mass is 10.2. The summed E-state index contributed by atoms with van der Waals surface area (Å²) in [7, 11) is -3.34. The molecule has 1 fully saturated rings. The van der Waals surface area contributed by atoms with Crippen molar-refractivity contribution in [3.8, 4) is 0 Å². The first-order valence-corrected chi connectivity index (χ1v) is 9.33. The molecule has 0 saturated carbocycles. The normalized spacial score (nSPS) is 21.5. The smallest absolute Gasteiger partial charge is 0.207 e. The number of aryl methyl sites for hydroxylation is 1. The first-order chi connectivity index (χ1) is 9.04. The minimum Gasteiger partial charge on any atom is -0.207 e. The molecule has 0 amide bonds. The molecular formula is C13H18ClNO2S2. The Kier molecular flexibility index (Phi) is 5.17. The zero-order valence-corrected chi connectivity index (χ0v) is 13.3. The molecule has 2 rings (SSSR count). The number of rotatable bonds is 4. The van der Waals surface area contributed by atoms with Crippen molar-refractivity contribution < 1.29 is 8.42 Å². The maximum Gasteiger partial charge on any atom is 0.243 e. The van der Waals surface area contributed by atoms with Crippen molar-refractivity contribution in [3.05, 3.63) is 29.8 Å². The SMILES string of the molecule is CC1CN(S(=O)(=O)c2ccc(CCCl)cc2)CCS1. The van der Waals surface area contributed by atoms with Gasteiger partial charge in [-0.15, -0.1) is 11.6 Å². The zero-order valence-electron chi connectivity index (χ0n) is 10.9. The van der Waals surface area contributed by atoms with Crippen molar-refractivity contribution >= 4 is 33.4 Å². The van der Waals surface area contributed by atoms with E-state index in [4.69, 9.17) is 11.6 Å². The van der Waals surface area contributed by atoms with E-state index in [2.05, 4.69) is 6.92 Å². The van der Waals surface area contributed by atoms with E-state index in [1.54, 1.807) is 16.4 Å². The molecule has 0 radical (unpaired) electrons. The molecule has 1 aromatic carbocycles. The molecule has 19 heavy (non-hydrogen) atoms. The van der Waals surface area contributed by atoms with Crippen LogP contribution in [0.5, 0.6) is 0 Å². The van der Waals surface area contributed by atoms with Gasteiger partial charge < -0.3 is 0 Å². The van der Waals surface area contributed by atoms with Gasteiger partial charge in [-0.25, -0.2) is 8.42 Å². The van der Waals surface area contributed by atoms with Gasteiger partial charge in [0.15, 0.2) is 0 Å². The van der Waals surface area contributed by atoms with E-state index >= 15 is 0 Å². The molecule has 0 aliphatic carbocycles. The Balaban J connectivity index is 2.18. The van der Waals surface area contributed by atoms with Gasteiger partial charge in [0.2, 0.25) is 10.0 Å². The number of hydrogen-bond donors (Lipinski definition) is 0. The van der Waals surface area contributed by atoms with Gasteiger partial charge in [0.05, 0.1) is 4.90 Å². The van der Waals surface area contributed by atoms with Crippen molar-refractivity contribution in [1.82, 2.24) is 4.31 Å². The lowest BCUT2D eigenvalue weighted by Crippen LogP contribution is -2.40. The average Bonchev–Trinajstić information content (AvgIpc) is 2.40. The predicted octanol–water partition coefficient (Wildman–Crippen LogP) is 2.59. The molecule has 1 aliphatic rings.